The maximum atomic E-state index is 2.60. The van der Waals surface area contributed by atoms with Gasteiger partial charge in [0.2, 0.25) is 0 Å². The molecule has 0 aromatic heterocycles. The number of anilines is 9. The summed E-state index contributed by atoms with van der Waals surface area (Å²) in [5.74, 6) is 0. The Morgan fingerprint density at radius 3 is 1.42 bits per heavy atom. The van der Waals surface area contributed by atoms with Gasteiger partial charge in [0.15, 0.2) is 0 Å². The van der Waals surface area contributed by atoms with Crippen molar-refractivity contribution < 1.29 is 0 Å². The predicted molar refractivity (Wildman–Crippen MR) is 326 cm³/mol. The summed E-state index contributed by atoms with van der Waals surface area (Å²) in [7, 11) is 0. The van der Waals surface area contributed by atoms with Gasteiger partial charge in [0.25, 0.3) is 6.71 Å². The Morgan fingerprint density at radius 2 is 0.842 bits per heavy atom. The highest BCUT2D eigenvalue weighted by molar-refractivity contribution is 7.00. The first-order chi connectivity index (χ1) is 36.6. The van der Waals surface area contributed by atoms with Crippen molar-refractivity contribution in [2.45, 2.75) is 78.6 Å². The molecule has 0 bridgehead atoms. The van der Waals surface area contributed by atoms with Crippen LogP contribution in [0.2, 0.25) is 0 Å². The van der Waals surface area contributed by atoms with Crippen LogP contribution in [0.5, 0.6) is 0 Å². The molecule has 0 N–H and O–H groups in total. The molecule has 0 radical (unpaired) electrons. The molecule has 0 spiro atoms. The number of benzene rings is 10. The van der Waals surface area contributed by atoms with Crippen molar-refractivity contribution >= 4 is 74.3 Å². The lowest BCUT2D eigenvalue weighted by atomic mass is 9.33. The van der Waals surface area contributed by atoms with Crippen LogP contribution in [0, 0.1) is 6.92 Å². The molecule has 370 valence electrons. The Kier molecular flexibility index (Phi) is 11.0. The zero-order valence-corrected chi connectivity index (χ0v) is 45.3. The van der Waals surface area contributed by atoms with E-state index in [1.165, 1.54) is 106 Å². The highest BCUT2D eigenvalue weighted by Gasteiger charge is 2.45. The molecule has 0 fully saturated rings. The molecule has 0 unspecified atom stereocenters. The zero-order chi connectivity index (χ0) is 52.3. The summed E-state index contributed by atoms with van der Waals surface area (Å²) in [5, 5.41) is 0. The maximum absolute atomic E-state index is 2.60. The van der Waals surface area contributed by atoms with Crippen LogP contribution in [0.3, 0.4) is 0 Å². The average molecular weight is 982 g/mol. The van der Waals surface area contributed by atoms with Gasteiger partial charge in [-0.05, 0) is 174 Å². The number of hydrogen-bond donors (Lipinski definition) is 0. The average Bonchev–Trinajstić information content (AvgIpc) is 3.80. The summed E-state index contributed by atoms with van der Waals surface area (Å²) in [6.45, 7) is 20.9. The fraction of sp³-hybridized carbons (Fsp3) is 0.167. The van der Waals surface area contributed by atoms with Crippen LogP contribution in [0.1, 0.15) is 83.2 Å². The van der Waals surface area contributed by atoms with E-state index in [4.69, 9.17) is 0 Å². The molecule has 0 saturated carbocycles. The standard InChI is InChI=1S/C72H64BN3/c1-47-42-67-69-68(43-47)76(57-37-39-60-59-22-16-17-23-61(59)72(8,9)62(60)45-57)66-46-58(74(54-31-24-50(25-32-54)48-18-12-10-13-19-48)55-33-26-51(27-34-55)49-20-14-11-15-21-49)38-41-64(66)73(69)63-40-30-53(71(5,6)7)44-65(63)75(67)56-35-28-52(29-36-56)70(2,3)4/h10-46H,1-9H3. The number of aryl methyl sites for hydroxylation is 1. The van der Waals surface area contributed by atoms with Gasteiger partial charge in [0.1, 0.15) is 0 Å². The predicted octanol–water partition coefficient (Wildman–Crippen LogP) is 17.8. The number of hydrogen-bond acceptors (Lipinski definition) is 3. The third-order valence-electron chi connectivity index (χ3n) is 16.6. The summed E-state index contributed by atoms with van der Waals surface area (Å²) < 4.78 is 0. The molecule has 10 aromatic carbocycles. The van der Waals surface area contributed by atoms with Crippen LogP contribution < -0.4 is 31.1 Å². The number of nitrogens with zero attached hydrogens (tertiary/aromatic N) is 3. The van der Waals surface area contributed by atoms with Gasteiger partial charge in [-0.1, -0.05) is 201 Å². The molecule has 3 aliphatic rings. The molecule has 10 aromatic rings. The Balaban J connectivity index is 1.06. The van der Waals surface area contributed by atoms with Gasteiger partial charge in [0, 0.05) is 56.6 Å². The van der Waals surface area contributed by atoms with Crippen LogP contribution in [-0.2, 0) is 16.2 Å². The van der Waals surface area contributed by atoms with Gasteiger partial charge >= 0.3 is 0 Å². The van der Waals surface area contributed by atoms with E-state index in [9.17, 15) is 0 Å². The van der Waals surface area contributed by atoms with Gasteiger partial charge < -0.3 is 14.7 Å². The molecule has 0 atom stereocenters. The largest absolute Gasteiger partial charge is 0.311 e. The lowest BCUT2D eigenvalue weighted by Crippen LogP contribution is -2.61. The first kappa shape index (κ1) is 47.4. The van der Waals surface area contributed by atoms with Crippen molar-refractivity contribution in [1.82, 2.24) is 0 Å². The molecule has 13 rings (SSSR count). The van der Waals surface area contributed by atoms with Crippen LogP contribution in [0.15, 0.2) is 224 Å². The zero-order valence-electron chi connectivity index (χ0n) is 45.3. The second-order valence-corrected chi connectivity index (χ2v) is 23.9. The van der Waals surface area contributed by atoms with Crippen molar-refractivity contribution in [3.05, 3.63) is 252 Å². The van der Waals surface area contributed by atoms with E-state index < -0.39 is 0 Å². The second kappa shape index (κ2) is 17.6. The Bertz CT molecular complexity index is 3780. The van der Waals surface area contributed by atoms with Gasteiger partial charge in [-0.25, -0.2) is 0 Å². The monoisotopic (exact) mass is 982 g/mol. The smallest absolute Gasteiger partial charge is 0.252 e. The van der Waals surface area contributed by atoms with E-state index in [2.05, 4.69) is 301 Å². The van der Waals surface area contributed by atoms with Crippen molar-refractivity contribution in [2.75, 3.05) is 14.7 Å². The van der Waals surface area contributed by atoms with Crippen LogP contribution in [0.4, 0.5) is 51.2 Å². The SMILES string of the molecule is Cc1cc2c3c(c1)N(c1ccc(C(C)(C)C)cc1)c1cc(C(C)(C)C)ccc1B3c1ccc(N(c3ccc(-c4ccccc4)cc3)c3ccc(-c4ccccc4)cc3)cc1N2c1ccc2c(c1)C(C)(C)c1ccccc1-2. The van der Waals surface area contributed by atoms with E-state index in [1.807, 2.05) is 0 Å². The van der Waals surface area contributed by atoms with Crippen molar-refractivity contribution in [3.8, 4) is 33.4 Å². The Morgan fingerprint density at radius 1 is 0.382 bits per heavy atom. The highest BCUT2D eigenvalue weighted by Crippen LogP contribution is 2.52. The fourth-order valence-electron chi connectivity index (χ4n) is 12.5. The third-order valence-corrected chi connectivity index (χ3v) is 16.6. The van der Waals surface area contributed by atoms with Crippen LogP contribution in [-0.4, -0.2) is 6.71 Å². The highest BCUT2D eigenvalue weighted by atomic mass is 15.2. The normalized spacial score (nSPS) is 13.9. The molecule has 1 aliphatic carbocycles. The molecular formula is C72H64BN3. The molecule has 2 heterocycles. The Hall–Kier alpha value is -8.34. The number of fused-ring (bicyclic) bond motifs is 7. The van der Waals surface area contributed by atoms with Crippen LogP contribution in [0.25, 0.3) is 33.4 Å². The van der Waals surface area contributed by atoms with Crippen molar-refractivity contribution in [2.24, 2.45) is 0 Å². The number of rotatable bonds is 7. The minimum Gasteiger partial charge on any atom is -0.311 e. The van der Waals surface area contributed by atoms with Crippen molar-refractivity contribution in [1.29, 1.82) is 0 Å². The summed E-state index contributed by atoms with van der Waals surface area (Å²) in [6, 6.07) is 84.6. The lowest BCUT2D eigenvalue weighted by Gasteiger charge is -2.45. The van der Waals surface area contributed by atoms with E-state index in [-0.39, 0.29) is 23.0 Å². The first-order valence-electron chi connectivity index (χ1n) is 27.1. The quantitative estimate of drug-likeness (QED) is 0.147. The van der Waals surface area contributed by atoms with Gasteiger partial charge in [-0.3, -0.25) is 0 Å². The molecule has 3 nitrogen and oxygen atoms in total. The van der Waals surface area contributed by atoms with Crippen LogP contribution >= 0.6 is 0 Å². The maximum Gasteiger partial charge on any atom is 0.252 e. The van der Waals surface area contributed by atoms with E-state index >= 15 is 0 Å². The molecule has 2 aliphatic heterocycles. The van der Waals surface area contributed by atoms with Crippen molar-refractivity contribution in [3.63, 3.8) is 0 Å². The third kappa shape index (κ3) is 7.80. The molecule has 0 amide bonds. The molecular weight excluding hydrogens is 918 g/mol. The van der Waals surface area contributed by atoms with E-state index in [1.54, 1.807) is 0 Å². The fourth-order valence-corrected chi connectivity index (χ4v) is 12.5. The second-order valence-electron chi connectivity index (χ2n) is 23.9. The van der Waals surface area contributed by atoms with E-state index in [0.717, 1.165) is 22.7 Å². The molecule has 0 saturated heterocycles. The first-order valence-corrected chi connectivity index (χ1v) is 27.1. The Labute approximate surface area is 450 Å². The summed E-state index contributed by atoms with van der Waals surface area (Å²) in [4.78, 5) is 7.61. The topological polar surface area (TPSA) is 9.72 Å². The summed E-state index contributed by atoms with van der Waals surface area (Å²) in [5.41, 5.74) is 28.2. The molecule has 76 heavy (non-hydrogen) atoms. The van der Waals surface area contributed by atoms with E-state index in [0.29, 0.717) is 0 Å². The summed E-state index contributed by atoms with van der Waals surface area (Å²) >= 11 is 0. The van der Waals surface area contributed by atoms with Gasteiger partial charge in [0.05, 0.1) is 0 Å². The minimum absolute atomic E-state index is 0.0288. The molecule has 4 heteroatoms. The minimum atomic E-state index is -0.175. The summed E-state index contributed by atoms with van der Waals surface area (Å²) in [6.07, 6.45) is 0. The van der Waals surface area contributed by atoms with Gasteiger partial charge in [-0.15, -0.1) is 0 Å². The van der Waals surface area contributed by atoms with Gasteiger partial charge in [-0.2, -0.15) is 0 Å². The lowest BCUT2D eigenvalue weighted by molar-refractivity contribution is 0.590.